The number of halogens is 4. The lowest BCUT2D eigenvalue weighted by Gasteiger charge is -2.10. The molecule has 0 atom stereocenters. The second-order valence-corrected chi connectivity index (χ2v) is 4.60. The average Bonchev–Trinajstić information content (AvgIpc) is 2.45. The Morgan fingerprint density at radius 3 is 2.57 bits per heavy atom. The van der Waals surface area contributed by atoms with Crippen LogP contribution in [0.2, 0.25) is 5.02 Å². The number of anilines is 3. The SMILES string of the molecule is CCCNc1ncc(Cl)c(Nc2cc(F)c(F)cc2F)n1. The van der Waals surface area contributed by atoms with Crippen LogP contribution in [0.4, 0.5) is 30.6 Å². The molecule has 2 aromatic rings. The zero-order valence-corrected chi connectivity index (χ0v) is 11.8. The molecule has 0 aliphatic carbocycles. The molecule has 0 amide bonds. The zero-order valence-electron chi connectivity index (χ0n) is 11.1. The summed E-state index contributed by atoms with van der Waals surface area (Å²) in [5.41, 5.74) is -0.268. The van der Waals surface area contributed by atoms with E-state index in [1.807, 2.05) is 6.92 Å². The van der Waals surface area contributed by atoms with Crippen LogP contribution in [0.1, 0.15) is 13.3 Å². The number of hydrogen-bond donors (Lipinski definition) is 2. The van der Waals surface area contributed by atoms with Gasteiger partial charge in [0.1, 0.15) is 10.8 Å². The Bertz CT molecular complexity index is 652. The summed E-state index contributed by atoms with van der Waals surface area (Å²) in [6.07, 6.45) is 2.19. The zero-order chi connectivity index (χ0) is 15.4. The van der Waals surface area contributed by atoms with E-state index in [0.29, 0.717) is 24.6 Å². The Balaban J connectivity index is 2.28. The first kappa shape index (κ1) is 15.4. The first-order valence-electron chi connectivity index (χ1n) is 6.19. The molecule has 1 aromatic carbocycles. The smallest absolute Gasteiger partial charge is 0.224 e. The summed E-state index contributed by atoms with van der Waals surface area (Å²) in [7, 11) is 0. The molecule has 8 heteroatoms. The highest BCUT2D eigenvalue weighted by Crippen LogP contribution is 2.26. The van der Waals surface area contributed by atoms with E-state index in [2.05, 4.69) is 20.6 Å². The number of benzene rings is 1. The summed E-state index contributed by atoms with van der Waals surface area (Å²) in [6, 6.07) is 1.14. The van der Waals surface area contributed by atoms with Gasteiger partial charge in [-0.05, 0) is 6.42 Å². The standard InChI is InChI=1S/C13H12ClF3N4/c1-2-3-18-13-19-6-7(14)12(21-13)20-11-5-9(16)8(15)4-10(11)17/h4-6H,2-3H2,1H3,(H2,18,19,20,21). The van der Waals surface area contributed by atoms with Crippen LogP contribution >= 0.6 is 11.6 Å². The van der Waals surface area contributed by atoms with E-state index in [9.17, 15) is 13.2 Å². The summed E-state index contributed by atoms with van der Waals surface area (Å²) in [5, 5.41) is 5.58. The summed E-state index contributed by atoms with van der Waals surface area (Å²) >= 11 is 5.90. The van der Waals surface area contributed by atoms with E-state index in [4.69, 9.17) is 11.6 Å². The highest BCUT2D eigenvalue weighted by atomic mass is 35.5. The second-order valence-electron chi connectivity index (χ2n) is 4.19. The Kier molecular flexibility index (Phi) is 4.85. The van der Waals surface area contributed by atoms with Gasteiger partial charge in [-0.15, -0.1) is 0 Å². The summed E-state index contributed by atoms with van der Waals surface area (Å²) in [6.45, 7) is 2.62. The molecule has 1 heterocycles. The molecule has 112 valence electrons. The molecule has 0 bridgehead atoms. The van der Waals surface area contributed by atoms with Crippen molar-refractivity contribution in [1.29, 1.82) is 0 Å². The van der Waals surface area contributed by atoms with Gasteiger partial charge in [0.05, 0.1) is 11.9 Å². The maximum absolute atomic E-state index is 13.6. The molecule has 0 unspecified atom stereocenters. The van der Waals surface area contributed by atoms with Crippen molar-refractivity contribution in [2.24, 2.45) is 0 Å². The van der Waals surface area contributed by atoms with E-state index >= 15 is 0 Å². The largest absolute Gasteiger partial charge is 0.354 e. The highest BCUT2D eigenvalue weighted by molar-refractivity contribution is 6.32. The number of rotatable bonds is 5. The van der Waals surface area contributed by atoms with E-state index in [0.717, 1.165) is 6.42 Å². The van der Waals surface area contributed by atoms with Crippen LogP contribution < -0.4 is 10.6 Å². The van der Waals surface area contributed by atoms with Gasteiger partial charge in [0, 0.05) is 18.7 Å². The molecule has 2 N–H and O–H groups in total. The van der Waals surface area contributed by atoms with Crippen LogP contribution in [0, 0.1) is 17.5 Å². The van der Waals surface area contributed by atoms with Crippen molar-refractivity contribution in [1.82, 2.24) is 9.97 Å². The van der Waals surface area contributed by atoms with Gasteiger partial charge >= 0.3 is 0 Å². The molecule has 4 nitrogen and oxygen atoms in total. The lowest BCUT2D eigenvalue weighted by Crippen LogP contribution is -2.06. The molecule has 0 fully saturated rings. The maximum atomic E-state index is 13.6. The number of hydrogen-bond acceptors (Lipinski definition) is 4. The third-order valence-corrected chi connectivity index (χ3v) is 2.82. The van der Waals surface area contributed by atoms with Crippen LogP contribution in [0.5, 0.6) is 0 Å². The fraction of sp³-hybridized carbons (Fsp3) is 0.231. The Hall–Kier alpha value is -2.02. The Morgan fingerprint density at radius 1 is 1.14 bits per heavy atom. The van der Waals surface area contributed by atoms with Crippen molar-refractivity contribution >= 4 is 29.1 Å². The number of aromatic nitrogens is 2. The molecule has 0 saturated heterocycles. The fourth-order valence-electron chi connectivity index (χ4n) is 1.52. The monoisotopic (exact) mass is 316 g/mol. The van der Waals surface area contributed by atoms with Gasteiger partial charge in [0.2, 0.25) is 5.95 Å². The Labute approximate surface area is 124 Å². The predicted molar refractivity (Wildman–Crippen MR) is 75.4 cm³/mol. The molecule has 0 saturated carbocycles. The molecule has 21 heavy (non-hydrogen) atoms. The Morgan fingerprint density at radius 2 is 1.86 bits per heavy atom. The number of nitrogens with one attached hydrogen (secondary N) is 2. The van der Waals surface area contributed by atoms with Gasteiger partial charge in [-0.1, -0.05) is 18.5 Å². The highest BCUT2D eigenvalue weighted by Gasteiger charge is 2.12. The van der Waals surface area contributed by atoms with Gasteiger partial charge in [0.25, 0.3) is 0 Å². The summed E-state index contributed by atoms with van der Waals surface area (Å²) in [5.74, 6) is -3.00. The molecule has 0 aliphatic heterocycles. The minimum Gasteiger partial charge on any atom is -0.354 e. The molecule has 0 aliphatic rings. The molecule has 0 spiro atoms. The van der Waals surface area contributed by atoms with Crippen LogP contribution in [-0.2, 0) is 0 Å². The lowest BCUT2D eigenvalue weighted by molar-refractivity contribution is 0.496. The summed E-state index contributed by atoms with van der Waals surface area (Å²) < 4.78 is 39.6. The normalized spacial score (nSPS) is 10.5. The van der Waals surface area contributed by atoms with Crippen molar-refractivity contribution in [3.63, 3.8) is 0 Å². The number of nitrogens with zero attached hydrogens (tertiary/aromatic N) is 2. The van der Waals surface area contributed by atoms with Crippen molar-refractivity contribution in [3.05, 3.63) is 40.8 Å². The van der Waals surface area contributed by atoms with E-state index in [-0.39, 0.29) is 16.5 Å². The molecular weight excluding hydrogens is 305 g/mol. The van der Waals surface area contributed by atoms with Crippen molar-refractivity contribution in [2.75, 3.05) is 17.2 Å². The fourth-order valence-corrected chi connectivity index (χ4v) is 1.66. The molecule has 2 rings (SSSR count). The quantitative estimate of drug-likeness (QED) is 0.815. The first-order valence-corrected chi connectivity index (χ1v) is 6.57. The van der Waals surface area contributed by atoms with Gasteiger partial charge in [-0.25, -0.2) is 18.2 Å². The third kappa shape index (κ3) is 3.75. The van der Waals surface area contributed by atoms with Gasteiger partial charge in [-0.3, -0.25) is 0 Å². The van der Waals surface area contributed by atoms with E-state index < -0.39 is 17.5 Å². The molecular formula is C13H12ClF3N4. The average molecular weight is 317 g/mol. The lowest BCUT2D eigenvalue weighted by atomic mass is 10.3. The third-order valence-electron chi connectivity index (χ3n) is 2.54. The molecule has 1 aromatic heterocycles. The van der Waals surface area contributed by atoms with E-state index in [1.165, 1.54) is 6.20 Å². The van der Waals surface area contributed by atoms with Crippen molar-refractivity contribution in [2.45, 2.75) is 13.3 Å². The van der Waals surface area contributed by atoms with Crippen molar-refractivity contribution in [3.8, 4) is 0 Å². The first-order chi connectivity index (χ1) is 10.0. The van der Waals surface area contributed by atoms with Crippen LogP contribution in [-0.4, -0.2) is 16.5 Å². The van der Waals surface area contributed by atoms with Gasteiger partial charge in [-0.2, -0.15) is 4.98 Å². The minimum absolute atomic E-state index is 0.0928. The van der Waals surface area contributed by atoms with Crippen molar-refractivity contribution < 1.29 is 13.2 Å². The van der Waals surface area contributed by atoms with Gasteiger partial charge in [0.15, 0.2) is 17.5 Å². The topological polar surface area (TPSA) is 49.8 Å². The van der Waals surface area contributed by atoms with Gasteiger partial charge < -0.3 is 10.6 Å². The molecule has 0 radical (unpaired) electrons. The van der Waals surface area contributed by atoms with Crippen LogP contribution in [0.25, 0.3) is 0 Å². The van der Waals surface area contributed by atoms with E-state index in [1.54, 1.807) is 0 Å². The minimum atomic E-state index is -1.27. The second kappa shape index (κ2) is 6.62. The predicted octanol–water partition coefficient (Wildman–Crippen LogP) is 4.11. The summed E-state index contributed by atoms with van der Waals surface area (Å²) in [4.78, 5) is 8.00. The maximum Gasteiger partial charge on any atom is 0.224 e. The van der Waals surface area contributed by atoms with Crippen LogP contribution in [0.15, 0.2) is 18.3 Å². The van der Waals surface area contributed by atoms with Crippen LogP contribution in [0.3, 0.4) is 0 Å².